The van der Waals surface area contributed by atoms with E-state index in [1.165, 1.54) is 28.8 Å². The Morgan fingerprint density at radius 1 is 1.11 bits per heavy atom. The molecule has 1 aliphatic heterocycles. The summed E-state index contributed by atoms with van der Waals surface area (Å²) in [6.07, 6.45) is -3.90. The third-order valence-electron chi connectivity index (χ3n) is 3.79. The lowest BCUT2D eigenvalue weighted by Gasteiger charge is -2.28. The number of nitrogens with zero attached hydrogens (tertiary/aromatic N) is 2. The monoisotopic (exact) mass is 400 g/mol. The third-order valence-corrected chi connectivity index (χ3v) is 4.86. The summed E-state index contributed by atoms with van der Waals surface area (Å²) in [4.78, 5) is 18.0. The normalized spacial score (nSPS) is 16.6. The standard InChI is InChI=1S/C18H13F5N2OS/c19-12-5-6-14(15(20)10-12)16(26)25-7-2-8-27-17(25)24-13-4-1-3-11(9-13)18(21,22)23/h1,3-6,9-10H,2,7-8H2. The van der Waals surface area contributed by atoms with Crippen molar-refractivity contribution in [3.8, 4) is 0 Å². The molecule has 1 aliphatic rings. The Morgan fingerprint density at radius 2 is 1.89 bits per heavy atom. The number of halogens is 5. The van der Waals surface area contributed by atoms with E-state index in [0.717, 1.165) is 24.3 Å². The molecule has 0 spiro atoms. The number of rotatable bonds is 2. The number of carbonyl (C=O) groups excluding carboxylic acids is 1. The summed E-state index contributed by atoms with van der Waals surface area (Å²) in [5.41, 5.74) is -1.14. The Hall–Kier alpha value is -2.42. The molecule has 9 heteroatoms. The van der Waals surface area contributed by atoms with E-state index in [2.05, 4.69) is 4.99 Å². The zero-order valence-corrected chi connectivity index (χ0v) is 14.6. The lowest BCUT2D eigenvalue weighted by atomic mass is 10.1. The van der Waals surface area contributed by atoms with Gasteiger partial charge in [0, 0.05) is 18.4 Å². The first-order valence-electron chi connectivity index (χ1n) is 7.91. The van der Waals surface area contributed by atoms with E-state index >= 15 is 0 Å². The number of benzene rings is 2. The Labute approximate surface area is 155 Å². The van der Waals surface area contributed by atoms with Gasteiger partial charge in [0.15, 0.2) is 5.17 Å². The van der Waals surface area contributed by atoms with E-state index in [-0.39, 0.29) is 23.0 Å². The minimum Gasteiger partial charge on any atom is -0.287 e. The second-order valence-electron chi connectivity index (χ2n) is 5.73. The Kier molecular flexibility index (Phi) is 5.50. The van der Waals surface area contributed by atoms with E-state index in [1.54, 1.807) is 0 Å². The second-order valence-corrected chi connectivity index (χ2v) is 6.79. The van der Waals surface area contributed by atoms with Crippen LogP contribution < -0.4 is 0 Å². The summed E-state index contributed by atoms with van der Waals surface area (Å²) in [5, 5.41) is 0.175. The van der Waals surface area contributed by atoms with E-state index in [4.69, 9.17) is 0 Å². The lowest BCUT2D eigenvalue weighted by molar-refractivity contribution is -0.137. The van der Waals surface area contributed by atoms with Gasteiger partial charge >= 0.3 is 6.18 Å². The number of amides is 1. The minimum atomic E-state index is -4.51. The lowest BCUT2D eigenvalue weighted by Crippen LogP contribution is -2.39. The second kappa shape index (κ2) is 7.67. The zero-order valence-electron chi connectivity index (χ0n) is 13.8. The van der Waals surface area contributed by atoms with Gasteiger partial charge in [0.1, 0.15) is 11.6 Å². The molecule has 1 fully saturated rings. The SMILES string of the molecule is O=C(c1ccc(F)cc1F)N1CCCSC1=Nc1cccc(C(F)(F)F)c1. The van der Waals surface area contributed by atoms with Crippen LogP contribution >= 0.6 is 11.8 Å². The molecule has 2 aromatic rings. The Bertz CT molecular complexity index is 898. The molecule has 1 amide bonds. The fraction of sp³-hybridized carbons (Fsp3) is 0.222. The Morgan fingerprint density at radius 3 is 2.59 bits per heavy atom. The van der Waals surface area contributed by atoms with E-state index in [9.17, 15) is 26.7 Å². The van der Waals surface area contributed by atoms with Crippen molar-refractivity contribution in [3.63, 3.8) is 0 Å². The van der Waals surface area contributed by atoms with E-state index < -0.39 is 29.3 Å². The predicted octanol–water partition coefficient (Wildman–Crippen LogP) is 5.25. The fourth-order valence-electron chi connectivity index (χ4n) is 2.51. The third kappa shape index (κ3) is 4.47. The van der Waals surface area contributed by atoms with Crippen molar-refractivity contribution in [1.29, 1.82) is 0 Å². The molecular weight excluding hydrogens is 387 g/mol. The van der Waals surface area contributed by atoms with Crippen LogP contribution in [0.5, 0.6) is 0 Å². The number of carbonyl (C=O) groups is 1. The molecule has 2 aromatic carbocycles. The van der Waals surface area contributed by atoms with Crippen LogP contribution in [0.1, 0.15) is 22.3 Å². The van der Waals surface area contributed by atoms with Crippen LogP contribution in [0.15, 0.2) is 47.5 Å². The van der Waals surface area contributed by atoms with E-state index in [1.807, 2.05) is 0 Å². The van der Waals surface area contributed by atoms with Gasteiger partial charge < -0.3 is 0 Å². The van der Waals surface area contributed by atoms with Crippen molar-refractivity contribution in [2.24, 2.45) is 4.99 Å². The highest BCUT2D eigenvalue weighted by Crippen LogP contribution is 2.32. The maximum atomic E-state index is 13.9. The molecule has 0 atom stereocenters. The van der Waals surface area contributed by atoms with Gasteiger partial charge in [-0.3, -0.25) is 9.69 Å². The van der Waals surface area contributed by atoms with Gasteiger partial charge in [-0.2, -0.15) is 13.2 Å². The predicted molar refractivity (Wildman–Crippen MR) is 93.0 cm³/mol. The molecule has 1 saturated heterocycles. The molecule has 0 aromatic heterocycles. The average molecular weight is 400 g/mol. The summed E-state index contributed by atoms with van der Waals surface area (Å²) in [5.74, 6) is -1.91. The number of amidine groups is 1. The molecule has 0 unspecified atom stereocenters. The van der Waals surface area contributed by atoms with Crippen LogP contribution in [0.2, 0.25) is 0 Å². The first-order chi connectivity index (χ1) is 12.8. The summed E-state index contributed by atoms with van der Waals surface area (Å²) >= 11 is 1.19. The molecule has 3 rings (SSSR count). The van der Waals surface area contributed by atoms with Gasteiger partial charge in [0.2, 0.25) is 0 Å². The molecule has 0 bridgehead atoms. The van der Waals surface area contributed by atoms with Crippen LogP contribution in [0.4, 0.5) is 27.6 Å². The smallest absolute Gasteiger partial charge is 0.287 e. The number of alkyl halides is 3. The van der Waals surface area contributed by atoms with Crippen LogP contribution in [-0.4, -0.2) is 28.3 Å². The number of thioether (sulfide) groups is 1. The van der Waals surface area contributed by atoms with Crippen molar-refractivity contribution in [2.45, 2.75) is 12.6 Å². The number of hydrogen-bond acceptors (Lipinski definition) is 3. The first kappa shape index (κ1) is 19.3. The molecule has 3 nitrogen and oxygen atoms in total. The number of aliphatic imine (C=N–C) groups is 1. The average Bonchev–Trinajstić information content (AvgIpc) is 2.61. The van der Waals surface area contributed by atoms with Crippen LogP contribution in [-0.2, 0) is 6.18 Å². The molecular formula is C18H13F5N2OS. The fourth-order valence-corrected chi connectivity index (χ4v) is 3.47. The van der Waals surface area contributed by atoms with Crippen molar-refractivity contribution >= 4 is 28.5 Å². The van der Waals surface area contributed by atoms with Gasteiger partial charge in [-0.05, 0) is 36.8 Å². The molecule has 0 radical (unpaired) electrons. The minimum absolute atomic E-state index is 0.0339. The van der Waals surface area contributed by atoms with Gasteiger partial charge in [0.05, 0.1) is 16.8 Å². The maximum absolute atomic E-state index is 13.9. The summed E-state index contributed by atoms with van der Waals surface area (Å²) < 4.78 is 65.6. The van der Waals surface area contributed by atoms with Gasteiger partial charge in [-0.1, -0.05) is 17.8 Å². The van der Waals surface area contributed by atoms with E-state index in [0.29, 0.717) is 18.2 Å². The first-order valence-corrected chi connectivity index (χ1v) is 8.90. The number of hydrogen-bond donors (Lipinski definition) is 0. The molecule has 0 saturated carbocycles. The van der Waals surface area contributed by atoms with Crippen LogP contribution in [0.3, 0.4) is 0 Å². The van der Waals surface area contributed by atoms with Crippen molar-refractivity contribution in [3.05, 3.63) is 65.2 Å². The highest BCUT2D eigenvalue weighted by atomic mass is 32.2. The van der Waals surface area contributed by atoms with Gasteiger partial charge in [-0.15, -0.1) is 0 Å². The van der Waals surface area contributed by atoms with Gasteiger partial charge in [0.25, 0.3) is 5.91 Å². The summed E-state index contributed by atoms with van der Waals surface area (Å²) in [6, 6.07) is 7.02. The largest absolute Gasteiger partial charge is 0.416 e. The van der Waals surface area contributed by atoms with Gasteiger partial charge in [-0.25, -0.2) is 13.8 Å². The van der Waals surface area contributed by atoms with Crippen molar-refractivity contribution in [2.75, 3.05) is 12.3 Å². The van der Waals surface area contributed by atoms with Crippen LogP contribution in [0, 0.1) is 11.6 Å². The molecule has 27 heavy (non-hydrogen) atoms. The zero-order chi connectivity index (χ0) is 19.6. The summed E-state index contributed by atoms with van der Waals surface area (Å²) in [7, 11) is 0. The van der Waals surface area contributed by atoms with Crippen molar-refractivity contribution < 1.29 is 26.7 Å². The Balaban J connectivity index is 1.94. The maximum Gasteiger partial charge on any atom is 0.416 e. The quantitative estimate of drug-likeness (QED) is 0.645. The topological polar surface area (TPSA) is 32.7 Å². The molecule has 142 valence electrons. The summed E-state index contributed by atoms with van der Waals surface area (Å²) in [6.45, 7) is 0.237. The highest BCUT2D eigenvalue weighted by molar-refractivity contribution is 8.13. The molecule has 1 heterocycles. The molecule has 0 N–H and O–H groups in total. The van der Waals surface area contributed by atoms with Crippen molar-refractivity contribution in [1.82, 2.24) is 4.90 Å². The highest BCUT2D eigenvalue weighted by Gasteiger charge is 2.31. The van der Waals surface area contributed by atoms with Crippen LogP contribution in [0.25, 0.3) is 0 Å². The molecule has 0 aliphatic carbocycles.